The lowest BCUT2D eigenvalue weighted by atomic mass is 10.2. The third-order valence-corrected chi connectivity index (χ3v) is 3.91. The van der Waals surface area contributed by atoms with Crippen molar-refractivity contribution in [3.8, 4) is 0 Å². The number of hydrogen-bond acceptors (Lipinski definition) is 5. The largest absolute Gasteiger partial charge is 0.364 e. The summed E-state index contributed by atoms with van der Waals surface area (Å²) in [5, 5.41) is 3.14. The van der Waals surface area contributed by atoms with Crippen molar-refractivity contribution in [1.29, 1.82) is 0 Å². The van der Waals surface area contributed by atoms with E-state index in [9.17, 15) is 4.39 Å². The van der Waals surface area contributed by atoms with Crippen molar-refractivity contribution in [2.75, 3.05) is 11.9 Å². The first-order valence-corrected chi connectivity index (χ1v) is 7.61. The maximum atomic E-state index is 13.8. The first-order chi connectivity index (χ1) is 11.3. The fourth-order valence-electron chi connectivity index (χ4n) is 2.79. The Balaban J connectivity index is 1.66. The quantitative estimate of drug-likeness (QED) is 0.750. The van der Waals surface area contributed by atoms with Crippen LogP contribution in [0.1, 0.15) is 24.6 Å². The highest BCUT2D eigenvalue weighted by Gasteiger charge is 2.22. The number of fused-ring (bicyclic) bond motifs is 1. The maximum absolute atomic E-state index is 13.8. The molecule has 1 aliphatic rings. The van der Waals surface area contributed by atoms with Crippen LogP contribution in [-0.4, -0.2) is 26.1 Å². The first-order valence-electron chi connectivity index (χ1n) is 7.61. The van der Waals surface area contributed by atoms with Gasteiger partial charge in [-0.15, -0.1) is 0 Å². The molecule has 3 aromatic rings. The van der Waals surface area contributed by atoms with E-state index in [4.69, 9.17) is 4.74 Å². The SMILES string of the molecule is Fc1nc(NCc2ccccc2)c2ncn(C3CCCO3)c2n1. The van der Waals surface area contributed by atoms with E-state index in [1.54, 1.807) is 10.9 Å². The van der Waals surface area contributed by atoms with Gasteiger partial charge in [0.15, 0.2) is 17.0 Å². The summed E-state index contributed by atoms with van der Waals surface area (Å²) in [4.78, 5) is 12.1. The van der Waals surface area contributed by atoms with Crippen molar-refractivity contribution in [2.45, 2.75) is 25.6 Å². The number of rotatable bonds is 4. The van der Waals surface area contributed by atoms with Crippen LogP contribution in [0.4, 0.5) is 10.2 Å². The van der Waals surface area contributed by atoms with Crippen molar-refractivity contribution >= 4 is 17.0 Å². The van der Waals surface area contributed by atoms with E-state index >= 15 is 0 Å². The minimum Gasteiger partial charge on any atom is -0.364 e. The first kappa shape index (κ1) is 14.1. The highest BCUT2D eigenvalue weighted by atomic mass is 19.1. The van der Waals surface area contributed by atoms with E-state index in [1.165, 1.54) is 0 Å². The summed E-state index contributed by atoms with van der Waals surface area (Å²) in [6.45, 7) is 1.25. The van der Waals surface area contributed by atoms with Gasteiger partial charge in [0, 0.05) is 13.2 Å². The van der Waals surface area contributed by atoms with Crippen molar-refractivity contribution < 1.29 is 9.13 Å². The Bertz CT molecular complexity index is 814. The number of hydrogen-bond donors (Lipinski definition) is 1. The molecule has 118 valence electrons. The molecule has 0 aliphatic carbocycles. The van der Waals surface area contributed by atoms with Gasteiger partial charge >= 0.3 is 6.08 Å². The second-order valence-electron chi connectivity index (χ2n) is 5.47. The molecule has 0 spiro atoms. The van der Waals surface area contributed by atoms with Gasteiger partial charge in [-0.05, 0) is 18.4 Å². The highest BCUT2D eigenvalue weighted by Crippen LogP contribution is 2.28. The van der Waals surface area contributed by atoms with Crippen LogP contribution in [0.25, 0.3) is 11.2 Å². The fourth-order valence-corrected chi connectivity index (χ4v) is 2.79. The number of imidazole rings is 1. The number of nitrogens with one attached hydrogen (secondary N) is 1. The van der Waals surface area contributed by atoms with E-state index in [0.29, 0.717) is 30.1 Å². The second-order valence-corrected chi connectivity index (χ2v) is 5.47. The normalized spacial score (nSPS) is 17.7. The molecule has 3 heterocycles. The number of nitrogens with zero attached hydrogens (tertiary/aromatic N) is 4. The minimum absolute atomic E-state index is 0.128. The number of benzene rings is 1. The molecule has 0 amide bonds. The molecule has 1 aliphatic heterocycles. The topological polar surface area (TPSA) is 64.9 Å². The smallest absolute Gasteiger partial charge is 0.312 e. The second kappa shape index (κ2) is 5.92. The summed E-state index contributed by atoms with van der Waals surface area (Å²) in [5.74, 6) is 0.396. The molecule has 0 saturated carbocycles. The molecule has 7 heteroatoms. The van der Waals surface area contributed by atoms with E-state index < -0.39 is 6.08 Å². The summed E-state index contributed by atoms with van der Waals surface area (Å²) in [6, 6.07) is 9.85. The van der Waals surface area contributed by atoms with Gasteiger partial charge in [-0.1, -0.05) is 30.3 Å². The summed E-state index contributed by atoms with van der Waals surface area (Å²) >= 11 is 0. The number of anilines is 1. The molecule has 1 N–H and O–H groups in total. The molecule has 1 atom stereocenters. The molecule has 23 heavy (non-hydrogen) atoms. The van der Waals surface area contributed by atoms with E-state index in [-0.39, 0.29) is 6.23 Å². The zero-order valence-electron chi connectivity index (χ0n) is 12.4. The van der Waals surface area contributed by atoms with E-state index in [2.05, 4.69) is 20.3 Å². The Kier molecular flexibility index (Phi) is 3.63. The van der Waals surface area contributed by atoms with Crippen LogP contribution in [0.15, 0.2) is 36.7 Å². The van der Waals surface area contributed by atoms with E-state index in [0.717, 1.165) is 18.4 Å². The Morgan fingerprint density at radius 2 is 2.13 bits per heavy atom. The van der Waals surface area contributed by atoms with Gasteiger partial charge < -0.3 is 10.1 Å². The fraction of sp³-hybridized carbons (Fsp3) is 0.312. The summed E-state index contributed by atoms with van der Waals surface area (Å²) in [7, 11) is 0. The zero-order chi connectivity index (χ0) is 15.6. The zero-order valence-corrected chi connectivity index (χ0v) is 12.4. The lowest BCUT2D eigenvalue weighted by Gasteiger charge is -2.12. The minimum atomic E-state index is -0.771. The molecule has 1 aromatic carbocycles. The molecule has 2 aromatic heterocycles. The van der Waals surface area contributed by atoms with Crippen LogP contribution in [0.3, 0.4) is 0 Å². The van der Waals surface area contributed by atoms with Crippen molar-refractivity contribution in [3.63, 3.8) is 0 Å². The Hall–Kier alpha value is -2.54. The lowest BCUT2D eigenvalue weighted by molar-refractivity contribution is 0.0592. The summed E-state index contributed by atoms with van der Waals surface area (Å²) in [6.07, 6.45) is 2.60. The maximum Gasteiger partial charge on any atom is 0.312 e. The molecule has 1 fully saturated rings. The van der Waals surface area contributed by atoms with Gasteiger partial charge in [-0.25, -0.2) is 4.98 Å². The predicted molar refractivity (Wildman–Crippen MR) is 83.3 cm³/mol. The van der Waals surface area contributed by atoms with Crippen LogP contribution in [0.2, 0.25) is 0 Å². The average Bonchev–Trinajstić information content (AvgIpc) is 3.22. The molecular weight excluding hydrogens is 297 g/mol. The Morgan fingerprint density at radius 1 is 1.26 bits per heavy atom. The lowest BCUT2D eigenvalue weighted by Crippen LogP contribution is -2.09. The predicted octanol–water partition coefficient (Wildman–Crippen LogP) is 2.89. The molecule has 1 saturated heterocycles. The van der Waals surface area contributed by atoms with Gasteiger partial charge in [0.2, 0.25) is 0 Å². The number of halogens is 1. The van der Waals surface area contributed by atoms with Crippen molar-refractivity contribution in [3.05, 3.63) is 48.3 Å². The van der Waals surface area contributed by atoms with Crippen LogP contribution in [0, 0.1) is 6.08 Å². The van der Waals surface area contributed by atoms with Gasteiger partial charge in [-0.2, -0.15) is 14.4 Å². The Labute approximate surface area is 132 Å². The third kappa shape index (κ3) is 2.75. The molecule has 0 radical (unpaired) electrons. The van der Waals surface area contributed by atoms with Crippen LogP contribution in [-0.2, 0) is 11.3 Å². The molecule has 0 bridgehead atoms. The summed E-state index contributed by atoms with van der Waals surface area (Å²) in [5.41, 5.74) is 2.09. The van der Waals surface area contributed by atoms with E-state index in [1.807, 2.05) is 30.3 Å². The monoisotopic (exact) mass is 313 g/mol. The van der Waals surface area contributed by atoms with Gasteiger partial charge in [0.1, 0.15) is 6.23 Å². The van der Waals surface area contributed by atoms with Gasteiger partial charge in [-0.3, -0.25) is 4.57 Å². The third-order valence-electron chi connectivity index (χ3n) is 3.91. The van der Waals surface area contributed by atoms with Crippen LogP contribution in [0.5, 0.6) is 0 Å². The molecule has 6 nitrogen and oxygen atoms in total. The van der Waals surface area contributed by atoms with Crippen molar-refractivity contribution in [1.82, 2.24) is 19.5 Å². The average molecular weight is 313 g/mol. The molecule has 4 rings (SSSR count). The standard InChI is InChI=1S/C16H16FN5O/c17-16-20-14(18-9-11-5-2-1-3-6-11)13-15(21-16)22(10-19-13)12-7-4-8-23-12/h1-3,5-6,10,12H,4,7-9H2,(H,18,20,21). The van der Waals surface area contributed by atoms with Crippen molar-refractivity contribution in [2.24, 2.45) is 0 Å². The molecular formula is C16H16FN5O. The molecule has 1 unspecified atom stereocenters. The number of ether oxygens (including phenoxy) is 1. The van der Waals surface area contributed by atoms with Gasteiger partial charge in [0.05, 0.1) is 6.33 Å². The van der Waals surface area contributed by atoms with Gasteiger partial charge in [0.25, 0.3) is 0 Å². The number of aromatic nitrogens is 4. The van der Waals surface area contributed by atoms with Crippen LogP contribution >= 0.6 is 0 Å². The van der Waals surface area contributed by atoms with Crippen LogP contribution < -0.4 is 5.32 Å². The highest BCUT2D eigenvalue weighted by molar-refractivity contribution is 5.82. The Morgan fingerprint density at radius 3 is 2.91 bits per heavy atom. The summed E-state index contributed by atoms with van der Waals surface area (Å²) < 4.78 is 21.2.